The molecule has 1 heterocycles. The van der Waals surface area contributed by atoms with Crippen molar-refractivity contribution < 1.29 is 14.3 Å². The Morgan fingerprint density at radius 1 is 1.00 bits per heavy atom. The third-order valence-corrected chi connectivity index (χ3v) is 5.20. The van der Waals surface area contributed by atoms with Gasteiger partial charge in [-0.15, -0.1) is 0 Å². The molecule has 0 aliphatic heterocycles. The molecule has 0 unspecified atom stereocenters. The van der Waals surface area contributed by atoms with Gasteiger partial charge < -0.3 is 9.47 Å². The minimum atomic E-state index is -0.277. The van der Waals surface area contributed by atoms with Crippen molar-refractivity contribution in [2.45, 2.75) is 17.8 Å². The van der Waals surface area contributed by atoms with Gasteiger partial charge in [-0.25, -0.2) is 15.4 Å². The van der Waals surface area contributed by atoms with Crippen LogP contribution in [0.15, 0.2) is 71.2 Å². The second-order valence-electron chi connectivity index (χ2n) is 6.22. The van der Waals surface area contributed by atoms with Gasteiger partial charge in [0.2, 0.25) is 0 Å². The molecule has 0 fully saturated rings. The third kappa shape index (κ3) is 5.57. The first-order valence-corrected chi connectivity index (χ1v) is 10.1. The molecule has 2 aromatic carbocycles. The summed E-state index contributed by atoms with van der Waals surface area (Å²) in [6, 6.07) is 14.6. The number of hydrogen-bond acceptors (Lipinski definition) is 7. The van der Waals surface area contributed by atoms with E-state index in [0.29, 0.717) is 22.8 Å². The molecule has 1 aromatic heterocycles. The number of carbonyl (C=O) groups is 1. The van der Waals surface area contributed by atoms with E-state index in [2.05, 4.69) is 20.5 Å². The number of aromatic nitrogens is 2. The number of carbonyl (C=O) groups excluding carboxylic acids is 1. The fourth-order valence-electron chi connectivity index (χ4n) is 2.59. The van der Waals surface area contributed by atoms with Crippen molar-refractivity contribution >= 4 is 23.4 Å². The number of methoxy groups -OCH3 is 2. The van der Waals surface area contributed by atoms with Gasteiger partial charge >= 0.3 is 0 Å². The summed E-state index contributed by atoms with van der Waals surface area (Å²) in [5, 5.41) is 4.92. The first-order valence-electron chi connectivity index (χ1n) is 9.16. The van der Waals surface area contributed by atoms with Crippen LogP contribution in [0, 0.1) is 0 Å². The molecule has 0 spiro atoms. The molecule has 3 rings (SSSR count). The Morgan fingerprint density at radius 3 is 2.33 bits per heavy atom. The maximum absolute atomic E-state index is 12.4. The van der Waals surface area contributed by atoms with Gasteiger partial charge in [-0.1, -0.05) is 23.9 Å². The van der Waals surface area contributed by atoms with E-state index in [1.807, 2.05) is 31.2 Å². The predicted octanol–water partition coefficient (Wildman–Crippen LogP) is 3.94. The molecule has 30 heavy (non-hydrogen) atoms. The van der Waals surface area contributed by atoms with Crippen molar-refractivity contribution in [1.82, 2.24) is 15.4 Å². The van der Waals surface area contributed by atoms with Gasteiger partial charge in [0.1, 0.15) is 0 Å². The van der Waals surface area contributed by atoms with Gasteiger partial charge in [0, 0.05) is 29.3 Å². The number of nitrogens with one attached hydrogen (secondary N) is 1. The molecule has 7 nitrogen and oxygen atoms in total. The number of amides is 1. The minimum absolute atomic E-state index is 0.277. The molecule has 0 radical (unpaired) electrons. The van der Waals surface area contributed by atoms with E-state index >= 15 is 0 Å². The molecule has 0 saturated carbocycles. The van der Waals surface area contributed by atoms with Crippen LogP contribution in [0.2, 0.25) is 0 Å². The van der Waals surface area contributed by atoms with Crippen LogP contribution in [0.4, 0.5) is 0 Å². The lowest BCUT2D eigenvalue weighted by Gasteiger charge is -2.09. The Balaban J connectivity index is 1.60. The number of rotatable bonds is 8. The first kappa shape index (κ1) is 21.3. The summed E-state index contributed by atoms with van der Waals surface area (Å²) in [7, 11) is 3.16. The average Bonchev–Trinajstić information content (AvgIpc) is 2.81. The summed E-state index contributed by atoms with van der Waals surface area (Å²) in [6.07, 6.45) is 3.43. The van der Waals surface area contributed by atoms with Crippen LogP contribution in [-0.2, 0) is 5.75 Å². The van der Waals surface area contributed by atoms with Crippen molar-refractivity contribution in [3.63, 3.8) is 0 Å². The fourth-order valence-corrected chi connectivity index (χ4v) is 3.34. The molecule has 8 heteroatoms. The van der Waals surface area contributed by atoms with Crippen LogP contribution in [-0.4, -0.2) is 35.8 Å². The Morgan fingerprint density at radius 2 is 1.67 bits per heavy atom. The molecule has 3 aromatic rings. The molecule has 0 bridgehead atoms. The van der Waals surface area contributed by atoms with E-state index in [1.165, 1.54) is 0 Å². The Labute approximate surface area is 179 Å². The lowest BCUT2D eigenvalue weighted by Crippen LogP contribution is -2.19. The Kier molecular flexibility index (Phi) is 7.40. The van der Waals surface area contributed by atoms with Crippen molar-refractivity contribution in [2.24, 2.45) is 5.10 Å². The lowest BCUT2D eigenvalue weighted by atomic mass is 10.1. The largest absolute Gasteiger partial charge is 0.493 e. The van der Waals surface area contributed by atoms with Gasteiger partial charge in [-0.3, -0.25) is 4.79 Å². The summed E-state index contributed by atoms with van der Waals surface area (Å²) in [5.41, 5.74) is 5.68. The van der Waals surface area contributed by atoms with E-state index in [9.17, 15) is 4.79 Å². The summed E-state index contributed by atoms with van der Waals surface area (Å²) in [5.74, 6) is 1.68. The monoisotopic (exact) mass is 422 g/mol. The van der Waals surface area contributed by atoms with E-state index < -0.39 is 0 Å². The highest BCUT2D eigenvalue weighted by atomic mass is 32.2. The number of hydrogen-bond donors (Lipinski definition) is 1. The minimum Gasteiger partial charge on any atom is -0.493 e. The van der Waals surface area contributed by atoms with Crippen LogP contribution >= 0.6 is 11.8 Å². The van der Waals surface area contributed by atoms with Crippen molar-refractivity contribution in [2.75, 3.05) is 14.2 Å². The zero-order valence-electron chi connectivity index (χ0n) is 17.0. The van der Waals surface area contributed by atoms with Gasteiger partial charge in [0.25, 0.3) is 5.91 Å². The van der Waals surface area contributed by atoms with Crippen LogP contribution in [0.3, 0.4) is 0 Å². The Bertz CT molecular complexity index is 1020. The average molecular weight is 423 g/mol. The van der Waals surface area contributed by atoms with E-state index in [4.69, 9.17) is 9.47 Å². The number of nitrogens with zero attached hydrogens (tertiary/aromatic N) is 3. The molecule has 1 amide bonds. The van der Waals surface area contributed by atoms with Gasteiger partial charge in [0.05, 0.1) is 19.9 Å². The highest BCUT2D eigenvalue weighted by Gasteiger charge is 2.08. The zero-order valence-corrected chi connectivity index (χ0v) is 17.8. The third-order valence-electron chi connectivity index (χ3n) is 4.25. The van der Waals surface area contributed by atoms with Crippen LogP contribution in [0.5, 0.6) is 11.5 Å². The van der Waals surface area contributed by atoms with Crippen LogP contribution in [0.1, 0.15) is 28.4 Å². The lowest BCUT2D eigenvalue weighted by molar-refractivity contribution is 0.0955. The number of ether oxygens (including phenoxy) is 2. The SMILES string of the molecule is COc1ccc(/C(C)=N/NC(=O)c2ccc(CSc3ncccn3)cc2)cc1OC. The maximum Gasteiger partial charge on any atom is 0.271 e. The molecular weight excluding hydrogens is 400 g/mol. The topological polar surface area (TPSA) is 85.7 Å². The molecule has 0 atom stereocenters. The normalized spacial score (nSPS) is 11.1. The van der Waals surface area contributed by atoms with Crippen LogP contribution < -0.4 is 14.9 Å². The Hall–Kier alpha value is -3.39. The van der Waals surface area contributed by atoms with Crippen molar-refractivity contribution in [3.05, 3.63) is 77.6 Å². The van der Waals surface area contributed by atoms with E-state index in [0.717, 1.165) is 22.0 Å². The summed E-state index contributed by atoms with van der Waals surface area (Å²) in [4.78, 5) is 20.8. The number of hydrazone groups is 1. The first-order chi connectivity index (χ1) is 14.6. The van der Waals surface area contributed by atoms with E-state index in [-0.39, 0.29) is 5.91 Å². The molecule has 1 N–H and O–H groups in total. The smallest absolute Gasteiger partial charge is 0.271 e. The highest BCUT2D eigenvalue weighted by molar-refractivity contribution is 7.98. The zero-order chi connectivity index (χ0) is 21.3. The quantitative estimate of drug-likeness (QED) is 0.256. The second kappa shape index (κ2) is 10.4. The number of thioether (sulfide) groups is 1. The van der Waals surface area contributed by atoms with Crippen molar-refractivity contribution in [1.29, 1.82) is 0 Å². The molecule has 154 valence electrons. The van der Waals surface area contributed by atoms with Gasteiger partial charge in [-0.05, 0) is 48.9 Å². The summed E-state index contributed by atoms with van der Waals surface area (Å²) < 4.78 is 10.5. The van der Waals surface area contributed by atoms with Crippen LogP contribution in [0.25, 0.3) is 0 Å². The fraction of sp³-hybridized carbons (Fsp3) is 0.182. The summed E-state index contributed by atoms with van der Waals surface area (Å²) in [6.45, 7) is 1.81. The maximum atomic E-state index is 12.4. The van der Waals surface area contributed by atoms with Gasteiger partial charge in [-0.2, -0.15) is 5.10 Å². The second-order valence-corrected chi connectivity index (χ2v) is 7.17. The van der Waals surface area contributed by atoms with Gasteiger partial charge in [0.15, 0.2) is 16.7 Å². The molecule has 0 saturated heterocycles. The van der Waals surface area contributed by atoms with Crippen molar-refractivity contribution in [3.8, 4) is 11.5 Å². The van der Waals surface area contributed by atoms with E-state index in [1.54, 1.807) is 62.6 Å². The standard InChI is InChI=1S/C22H22N4O3S/c1-15(18-9-10-19(28-2)20(13-18)29-3)25-26-21(27)17-7-5-16(6-8-17)14-30-22-23-11-4-12-24-22/h4-13H,14H2,1-3H3,(H,26,27)/b25-15+. The highest BCUT2D eigenvalue weighted by Crippen LogP contribution is 2.27. The molecular formula is C22H22N4O3S. The molecule has 0 aliphatic carbocycles. The number of benzene rings is 2. The predicted molar refractivity (Wildman–Crippen MR) is 117 cm³/mol. The summed E-state index contributed by atoms with van der Waals surface area (Å²) >= 11 is 1.54. The molecule has 0 aliphatic rings.